The van der Waals surface area contributed by atoms with Crippen LogP contribution in [0.2, 0.25) is 0 Å². The minimum Gasteiger partial charge on any atom is -0.497 e. The lowest BCUT2D eigenvalue weighted by Crippen LogP contribution is -2.66. The molecule has 2 aromatic rings. The topological polar surface area (TPSA) is 216 Å². The number of carbonyl (C=O) groups excluding carboxylic acids is 2. The average molecular weight is 625 g/mol. The molecule has 236 valence electrons. The molecule has 2 aliphatic rings. The highest BCUT2D eigenvalue weighted by atomic mass is 32.2. The van der Waals surface area contributed by atoms with Crippen LogP contribution in [0.5, 0.6) is 11.5 Å². The maximum Gasteiger partial charge on any atom is 0.251 e. The van der Waals surface area contributed by atoms with Crippen LogP contribution in [-0.2, 0) is 9.47 Å². The molecule has 2 fully saturated rings. The van der Waals surface area contributed by atoms with Gasteiger partial charge in [-0.1, -0.05) is 23.9 Å². The summed E-state index contributed by atoms with van der Waals surface area (Å²) in [4.78, 5) is 25.9. The number of methoxy groups -OCH3 is 2. The number of nitrogens with one attached hydrogen (secondary N) is 2. The third-order valence-corrected chi connectivity index (χ3v) is 8.61. The van der Waals surface area contributed by atoms with E-state index in [1.54, 1.807) is 24.3 Å². The van der Waals surface area contributed by atoms with Gasteiger partial charge in [-0.25, -0.2) is 0 Å². The van der Waals surface area contributed by atoms with Crippen molar-refractivity contribution >= 4 is 23.6 Å². The Balaban J connectivity index is 1.51. The lowest BCUT2D eigenvalue weighted by molar-refractivity contribution is -0.175. The normalized spacial score (nSPS) is 32.5. The van der Waals surface area contributed by atoms with Crippen molar-refractivity contribution in [3.8, 4) is 11.5 Å². The second-order valence-corrected chi connectivity index (χ2v) is 11.2. The van der Waals surface area contributed by atoms with E-state index >= 15 is 0 Å². The van der Waals surface area contributed by atoms with Crippen LogP contribution in [0.25, 0.3) is 0 Å². The summed E-state index contributed by atoms with van der Waals surface area (Å²) in [5.41, 5.74) is -2.17. The lowest BCUT2D eigenvalue weighted by atomic mass is 9.96. The summed E-state index contributed by atoms with van der Waals surface area (Å²) in [6, 6.07) is 9.80. The molecule has 0 spiro atoms. The Bertz CT molecular complexity index is 1160. The van der Waals surface area contributed by atoms with Gasteiger partial charge in [0.1, 0.15) is 59.0 Å². The van der Waals surface area contributed by atoms with Crippen molar-refractivity contribution in [3.05, 3.63) is 59.7 Å². The first-order valence-electron chi connectivity index (χ1n) is 13.4. The first kappa shape index (κ1) is 32.9. The van der Waals surface area contributed by atoms with Gasteiger partial charge in [-0.2, -0.15) is 0 Å². The molecule has 2 saturated heterocycles. The second kappa shape index (κ2) is 14.7. The lowest BCUT2D eigenvalue weighted by Gasteiger charge is -2.46. The van der Waals surface area contributed by atoms with E-state index in [0.29, 0.717) is 11.5 Å². The van der Waals surface area contributed by atoms with Crippen LogP contribution in [0.3, 0.4) is 0 Å². The van der Waals surface area contributed by atoms with Crippen LogP contribution in [0.15, 0.2) is 48.5 Å². The van der Waals surface area contributed by atoms with Gasteiger partial charge in [-0.15, -0.1) is 0 Å². The zero-order valence-corrected chi connectivity index (χ0v) is 24.2. The number of benzene rings is 2. The molecule has 0 bridgehead atoms. The number of hydrogen-bond donors (Lipinski definition) is 8. The molecule has 4 rings (SSSR count). The maximum atomic E-state index is 13.0. The van der Waals surface area contributed by atoms with Gasteiger partial charge in [0, 0.05) is 11.1 Å². The van der Waals surface area contributed by atoms with Crippen molar-refractivity contribution in [1.82, 2.24) is 10.6 Å². The van der Waals surface area contributed by atoms with E-state index in [0.717, 1.165) is 11.8 Å². The number of aliphatic hydroxyl groups is 6. The summed E-state index contributed by atoms with van der Waals surface area (Å²) in [5, 5.41) is 68.7. The summed E-state index contributed by atoms with van der Waals surface area (Å²) in [5.74, 6) is -0.442. The molecule has 15 heteroatoms. The molecule has 2 amide bonds. The van der Waals surface area contributed by atoms with Crippen molar-refractivity contribution in [2.75, 3.05) is 27.4 Å². The minimum absolute atomic E-state index is 0.190. The zero-order valence-electron chi connectivity index (χ0n) is 23.3. The Morgan fingerprint density at radius 3 is 1.47 bits per heavy atom. The summed E-state index contributed by atoms with van der Waals surface area (Å²) in [6.45, 7) is -1.33. The van der Waals surface area contributed by atoms with Crippen LogP contribution in [0.1, 0.15) is 20.7 Å². The number of rotatable bonds is 10. The Hall–Kier alpha value is -2.99. The molecule has 2 aromatic carbocycles. The molecule has 0 saturated carbocycles. The quantitative estimate of drug-likeness (QED) is 0.147. The number of amides is 2. The predicted molar refractivity (Wildman–Crippen MR) is 152 cm³/mol. The highest BCUT2D eigenvalue weighted by Crippen LogP contribution is 2.37. The number of carbonyl (C=O) groups is 2. The Morgan fingerprint density at radius 1 is 0.721 bits per heavy atom. The van der Waals surface area contributed by atoms with Gasteiger partial charge < -0.3 is 60.2 Å². The van der Waals surface area contributed by atoms with Crippen molar-refractivity contribution in [2.45, 2.75) is 59.6 Å². The largest absolute Gasteiger partial charge is 0.497 e. The molecule has 6 unspecified atom stereocenters. The van der Waals surface area contributed by atoms with Crippen molar-refractivity contribution in [3.63, 3.8) is 0 Å². The molecule has 8 N–H and O–H groups in total. The van der Waals surface area contributed by atoms with Gasteiger partial charge in [0.25, 0.3) is 11.8 Å². The third-order valence-electron chi connectivity index (χ3n) is 7.30. The van der Waals surface area contributed by atoms with Crippen LogP contribution < -0.4 is 20.1 Å². The highest BCUT2D eigenvalue weighted by molar-refractivity contribution is 8.00. The van der Waals surface area contributed by atoms with Gasteiger partial charge in [-0.3, -0.25) is 9.59 Å². The fourth-order valence-electron chi connectivity index (χ4n) is 4.87. The average Bonchev–Trinajstić information content (AvgIpc) is 3.03. The summed E-state index contributed by atoms with van der Waals surface area (Å²) < 4.78 is 21.7. The molecule has 0 radical (unpaired) electrons. The molecule has 2 aliphatic heterocycles. The van der Waals surface area contributed by atoms with Crippen molar-refractivity contribution < 1.29 is 59.2 Å². The van der Waals surface area contributed by atoms with Crippen LogP contribution in [0, 0.1) is 0 Å². The third kappa shape index (κ3) is 7.39. The molecule has 10 atom stereocenters. The van der Waals surface area contributed by atoms with Crippen LogP contribution in [-0.4, -0.2) is 129 Å². The standard InChI is InChI=1S/C28H36N2O12S/c1-39-15-7-3-5-13(9-15)25(37)29-19-21(33)17(11-31)41-27(23(19)35)43-28-24(36)20(22(34)18(12-32)42-28)30-26(38)14-6-4-8-16(10-14)40-2/h3-10,17-24,27-28,31-36H,11-12H2,1-2H3,(H,29,37)(H,30,38)/t17?,18?,19?,20?,21-,22-,23?,24?,27-,28-/m0/s1. The van der Waals surface area contributed by atoms with Gasteiger partial charge in [0.15, 0.2) is 0 Å². The van der Waals surface area contributed by atoms with Gasteiger partial charge >= 0.3 is 0 Å². The van der Waals surface area contributed by atoms with Gasteiger partial charge in [0.05, 0.1) is 39.5 Å². The number of thioether (sulfide) groups is 1. The Morgan fingerprint density at radius 2 is 1.12 bits per heavy atom. The number of ether oxygens (including phenoxy) is 4. The fraction of sp³-hybridized carbons (Fsp3) is 0.500. The van der Waals surface area contributed by atoms with E-state index in [2.05, 4.69) is 10.6 Å². The maximum absolute atomic E-state index is 13.0. The molecule has 2 heterocycles. The molecular formula is C28H36N2O12S. The minimum atomic E-state index is -1.57. The van der Waals surface area contributed by atoms with E-state index < -0.39 is 84.6 Å². The number of hydrogen-bond acceptors (Lipinski definition) is 13. The number of aliphatic hydroxyl groups excluding tert-OH is 6. The van der Waals surface area contributed by atoms with Crippen LogP contribution in [0.4, 0.5) is 0 Å². The summed E-state index contributed by atoms with van der Waals surface area (Å²) in [6.07, 6.45) is -8.63. The highest BCUT2D eigenvalue weighted by Gasteiger charge is 2.50. The molecule has 0 aromatic heterocycles. The molecule has 14 nitrogen and oxygen atoms in total. The van der Waals surface area contributed by atoms with Crippen LogP contribution >= 0.6 is 11.8 Å². The fourth-order valence-corrected chi connectivity index (χ4v) is 6.21. The second-order valence-electron chi connectivity index (χ2n) is 10.0. The smallest absolute Gasteiger partial charge is 0.251 e. The van der Waals surface area contributed by atoms with Crippen molar-refractivity contribution in [2.24, 2.45) is 0 Å². The van der Waals surface area contributed by atoms with E-state index in [1.807, 2.05) is 0 Å². The first-order chi connectivity index (χ1) is 20.6. The van der Waals surface area contributed by atoms with Crippen molar-refractivity contribution in [1.29, 1.82) is 0 Å². The van der Waals surface area contributed by atoms with E-state index in [-0.39, 0.29) is 11.1 Å². The Kier molecular flexibility index (Phi) is 11.2. The molecular weight excluding hydrogens is 588 g/mol. The van der Waals surface area contributed by atoms with Gasteiger partial charge in [-0.05, 0) is 36.4 Å². The SMILES string of the molecule is COc1cccc(C(=O)NC2C(O)[C@H](S[C@@H]3OC(CO)[C@H](O)C(NC(=O)c4cccc(OC)c4)C3O)OC(CO)[C@@H]2O)c1. The van der Waals surface area contributed by atoms with E-state index in [4.69, 9.17) is 18.9 Å². The zero-order chi connectivity index (χ0) is 31.3. The molecule has 43 heavy (non-hydrogen) atoms. The first-order valence-corrected chi connectivity index (χ1v) is 14.4. The van der Waals surface area contributed by atoms with E-state index in [1.165, 1.54) is 38.5 Å². The predicted octanol–water partition coefficient (Wildman–Crippen LogP) is -1.79. The summed E-state index contributed by atoms with van der Waals surface area (Å²) >= 11 is 0.734. The monoisotopic (exact) mass is 624 g/mol. The van der Waals surface area contributed by atoms with Gasteiger partial charge in [0.2, 0.25) is 0 Å². The summed E-state index contributed by atoms with van der Waals surface area (Å²) in [7, 11) is 2.88. The molecule has 0 aliphatic carbocycles. The van der Waals surface area contributed by atoms with E-state index in [9.17, 15) is 40.2 Å². The Labute approximate surface area is 251 Å².